The Bertz CT molecular complexity index is 1360. The van der Waals surface area contributed by atoms with Crippen molar-refractivity contribution in [2.24, 2.45) is 0 Å². The summed E-state index contributed by atoms with van der Waals surface area (Å²) in [6, 6.07) is 15.9. The van der Waals surface area contributed by atoms with E-state index in [4.69, 9.17) is 9.15 Å². The number of thiazole rings is 1. The standard InChI is InChI=1S/C25H26N2O5S2/c1-3-31-19-10-13-22-23(16-19)33-25(26-22)27(17-20-6-4-14-32-20)24(28)7-5-15-34(29,30)21-11-8-18(2)9-12-21/h4,6,8-14,16H,3,5,7,15,17H2,1-2H3. The predicted molar refractivity (Wildman–Crippen MR) is 133 cm³/mol. The van der Waals surface area contributed by atoms with Crippen LogP contribution in [-0.4, -0.2) is 31.7 Å². The second-order valence-electron chi connectivity index (χ2n) is 7.85. The van der Waals surface area contributed by atoms with Gasteiger partial charge in [0.1, 0.15) is 11.5 Å². The van der Waals surface area contributed by atoms with E-state index in [9.17, 15) is 13.2 Å². The lowest BCUT2D eigenvalue weighted by atomic mass is 10.2. The summed E-state index contributed by atoms with van der Waals surface area (Å²) >= 11 is 1.39. The fraction of sp³-hybridized carbons (Fsp3) is 0.280. The average molecular weight is 499 g/mol. The Kier molecular flexibility index (Phi) is 7.33. The number of rotatable bonds is 10. The highest BCUT2D eigenvalue weighted by molar-refractivity contribution is 7.91. The third kappa shape index (κ3) is 5.66. The van der Waals surface area contributed by atoms with E-state index in [-0.39, 0.29) is 35.9 Å². The first kappa shape index (κ1) is 24.0. The van der Waals surface area contributed by atoms with Crippen LogP contribution in [0.3, 0.4) is 0 Å². The number of amides is 1. The molecule has 0 N–H and O–H groups in total. The van der Waals surface area contributed by atoms with E-state index in [1.54, 1.807) is 47.6 Å². The van der Waals surface area contributed by atoms with Gasteiger partial charge in [0, 0.05) is 6.42 Å². The van der Waals surface area contributed by atoms with E-state index >= 15 is 0 Å². The molecule has 0 unspecified atom stereocenters. The molecule has 0 radical (unpaired) electrons. The fourth-order valence-corrected chi connectivity index (χ4v) is 5.82. The monoisotopic (exact) mass is 498 g/mol. The molecule has 34 heavy (non-hydrogen) atoms. The quantitative estimate of drug-likeness (QED) is 0.291. The summed E-state index contributed by atoms with van der Waals surface area (Å²) in [7, 11) is -3.46. The molecule has 4 rings (SSSR count). The lowest BCUT2D eigenvalue weighted by molar-refractivity contribution is -0.118. The molecule has 0 saturated heterocycles. The van der Waals surface area contributed by atoms with E-state index in [0.717, 1.165) is 21.5 Å². The number of nitrogens with zero attached hydrogens (tertiary/aromatic N) is 2. The van der Waals surface area contributed by atoms with Gasteiger partial charge in [-0.1, -0.05) is 29.0 Å². The van der Waals surface area contributed by atoms with Crippen LogP contribution in [0, 0.1) is 6.92 Å². The number of anilines is 1. The van der Waals surface area contributed by atoms with Crippen LogP contribution in [0.5, 0.6) is 5.75 Å². The Morgan fingerprint density at radius 3 is 2.65 bits per heavy atom. The molecule has 0 atom stereocenters. The van der Waals surface area contributed by atoms with Crippen molar-refractivity contribution in [2.45, 2.75) is 38.1 Å². The van der Waals surface area contributed by atoms with Crippen molar-refractivity contribution in [1.29, 1.82) is 0 Å². The van der Waals surface area contributed by atoms with Crippen LogP contribution < -0.4 is 9.64 Å². The van der Waals surface area contributed by atoms with Gasteiger partial charge in [-0.15, -0.1) is 0 Å². The zero-order valence-corrected chi connectivity index (χ0v) is 20.7. The maximum Gasteiger partial charge on any atom is 0.229 e. The summed E-state index contributed by atoms with van der Waals surface area (Å²) in [4.78, 5) is 19.7. The smallest absolute Gasteiger partial charge is 0.229 e. The molecule has 0 aliphatic heterocycles. The minimum absolute atomic E-state index is 0.0753. The summed E-state index contributed by atoms with van der Waals surface area (Å²) in [5, 5.41) is 0.534. The number of carbonyl (C=O) groups excluding carboxylic acids is 1. The molecule has 1 amide bonds. The van der Waals surface area contributed by atoms with Crippen LogP contribution in [0.2, 0.25) is 0 Å². The molecule has 0 saturated carbocycles. The second kappa shape index (κ2) is 10.4. The highest BCUT2D eigenvalue weighted by atomic mass is 32.2. The van der Waals surface area contributed by atoms with Crippen LogP contribution in [0.15, 0.2) is 70.2 Å². The molecule has 9 heteroatoms. The first-order valence-corrected chi connectivity index (χ1v) is 13.5. The number of ether oxygens (including phenoxy) is 1. The molecule has 0 spiro atoms. The van der Waals surface area contributed by atoms with Gasteiger partial charge in [-0.3, -0.25) is 9.69 Å². The maximum atomic E-state index is 13.2. The molecule has 2 heterocycles. The number of sulfone groups is 1. The highest BCUT2D eigenvalue weighted by Gasteiger charge is 2.23. The molecule has 0 aliphatic carbocycles. The third-order valence-electron chi connectivity index (χ3n) is 5.27. The minimum Gasteiger partial charge on any atom is -0.494 e. The Hall–Kier alpha value is -3.17. The minimum atomic E-state index is -3.46. The van der Waals surface area contributed by atoms with Crippen molar-refractivity contribution in [3.8, 4) is 5.75 Å². The number of hydrogen-bond donors (Lipinski definition) is 0. The Labute approximate surface area is 202 Å². The molecule has 7 nitrogen and oxygen atoms in total. The lowest BCUT2D eigenvalue weighted by Gasteiger charge is -2.18. The SMILES string of the molecule is CCOc1ccc2nc(N(Cc3ccco3)C(=O)CCCS(=O)(=O)c3ccc(C)cc3)sc2c1. The molecule has 2 aromatic heterocycles. The summed E-state index contributed by atoms with van der Waals surface area (Å²) < 4.78 is 37.3. The van der Waals surface area contributed by atoms with Gasteiger partial charge in [0.2, 0.25) is 5.91 Å². The van der Waals surface area contributed by atoms with E-state index < -0.39 is 9.84 Å². The van der Waals surface area contributed by atoms with Crippen molar-refractivity contribution < 1.29 is 22.4 Å². The zero-order chi connectivity index (χ0) is 24.1. The number of hydrogen-bond acceptors (Lipinski definition) is 7. The van der Waals surface area contributed by atoms with Gasteiger partial charge in [-0.05, 0) is 62.7 Å². The summed E-state index contributed by atoms with van der Waals surface area (Å²) in [6.07, 6.45) is 1.84. The van der Waals surface area contributed by atoms with Crippen LogP contribution in [0.1, 0.15) is 31.1 Å². The average Bonchev–Trinajstić information content (AvgIpc) is 3.47. The predicted octanol–water partition coefficient (Wildman–Crippen LogP) is 5.38. The van der Waals surface area contributed by atoms with Gasteiger partial charge in [-0.25, -0.2) is 13.4 Å². The van der Waals surface area contributed by atoms with E-state index in [0.29, 0.717) is 17.5 Å². The van der Waals surface area contributed by atoms with Crippen molar-refractivity contribution in [3.63, 3.8) is 0 Å². The number of fused-ring (bicyclic) bond motifs is 1. The van der Waals surface area contributed by atoms with Crippen molar-refractivity contribution >= 4 is 42.4 Å². The van der Waals surface area contributed by atoms with Gasteiger partial charge in [0.25, 0.3) is 0 Å². The zero-order valence-electron chi connectivity index (χ0n) is 19.1. The largest absolute Gasteiger partial charge is 0.494 e. The van der Waals surface area contributed by atoms with Crippen LogP contribution in [0.4, 0.5) is 5.13 Å². The molecule has 2 aromatic carbocycles. The fourth-order valence-electron chi connectivity index (χ4n) is 3.50. The number of benzene rings is 2. The molecule has 0 fully saturated rings. The lowest BCUT2D eigenvalue weighted by Crippen LogP contribution is -2.30. The number of aromatic nitrogens is 1. The van der Waals surface area contributed by atoms with E-state index in [2.05, 4.69) is 4.98 Å². The topological polar surface area (TPSA) is 89.7 Å². The van der Waals surface area contributed by atoms with Crippen molar-refractivity contribution in [1.82, 2.24) is 4.98 Å². The summed E-state index contributed by atoms with van der Waals surface area (Å²) in [5.74, 6) is 1.05. The van der Waals surface area contributed by atoms with Gasteiger partial charge < -0.3 is 9.15 Å². The Morgan fingerprint density at radius 2 is 1.94 bits per heavy atom. The molecule has 0 bridgehead atoms. The van der Waals surface area contributed by atoms with Crippen LogP contribution in [-0.2, 0) is 21.2 Å². The molecular weight excluding hydrogens is 472 g/mol. The summed E-state index contributed by atoms with van der Waals surface area (Å²) in [6.45, 7) is 4.61. The van der Waals surface area contributed by atoms with Gasteiger partial charge in [0.05, 0.1) is 40.3 Å². The number of furan rings is 1. The Morgan fingerprint density at radius 1 is 1.15 bits per heavy atom. The number of carbonyl (C=O) groups is 1. The molecular formula is C25H26N2O5S2. The molecule has 0 aliphatic rings. The number of aryl methyl sites for hydroxylation is 1. The van der Waals surface area contributed by atoms with Gasteiger partial charge >= 0.3 is 0 Å². The first-order chi connectivity index (χ1) is 16.4. The van der Waals surface area contributed by atoms with Gasteiger partial charge in [0.15, 0.2) is 15.0 Å². The van der Waals surface area contributed by atoms with Crippen LogP contribution >= 0.6 is 11.3 Å². The normalized spacial score (nSPS) is 11.6. The second-order valence-corrected chi connectivity index (χ2v) is 11.0. The Balaban J connectivity index is 1.51. The maximum absolute atomic E-state index is 13.2. The molecule has 178 valence electrons. The summed E-state index contributed by atoms with van der Waals surface area (Å²) in [5.41, 5.74) is 1.76. The van der Waals surface area contributed by atoms with Crippen LogP contribution in [0.25, 0.3) is 10.2 Å². The highest BCUT2D eigenvalue weighted by Crippen LogP contribution is 2.33. The van der Waals surface area contributed by atoms with E-state index in [1.807, 2.05) is 32.0 Å². The van der Waals surface area contributed by atoms with E-state index in [1.165, 1.54) is 11.3 Å². The van der Waals surface area contributed by atoms with Crippen molar-refractivity contribution in [2.75, 3.05) is 17.3 Å². The third-order valence-corrected chi connectivity index (χ3v) is 8.13. The first-order valence-electron chi connectivity index (χ1n) is 11.0. The molecule has 4 aromatic rings. The van der Waals surface area contributed by atoms with Gasteiger partial charge in [-0.2, -0.15) is 0 Å². The van der Waals surface area contributed by atoms with Crippen molar-refractivity contribution in [3.05, 3.63) is 72.2 Å².